The minimum atomic E-state index is -3.74. The Hall–Kier alpha value is -2.40. The van der Waals surface area contributed by atoms with Crippen LogP contribution in [0.25, 0.3) is 11.2 Å². The van der Waals surface area contributed by atoms with Crippen LogP contribution in [0.2, 0.25) is 5.02 Å². The number of nitrogens with one attached hydrogen (secondary N) is 1. The Morgan fingerprint density at radius 1 is 1.19 bits per heavy atom. The Bertz CT molecular complexity index is 1480. The maximum atomic E-state index is 13.5. The van der Waals surface area contributed by atoms with Crippen molar-refractivity contribution in [1.82, 2.24) is 18.9 Å². The van der Waals surface area contributed by atoms with Gasteiger partial charge in [-0.3, -0.25) is 0 Å². The van der Waals surface area contributed by atoms with E-state index in [1.54, 1.807) is 10.7 Å². The second-order valence-electron chi connectivity index (χ2n) is 8.93. The van der Waals surface area contributed by atoms with Crippen LogP contribution in [0.1, 0.15) is 31.4 Å². The lowest BCUT2D eigenvalue weighted by atomic mass is 9.98. The fraction of sp³-hybridized carbons (Fsp3) is 0.333. The summed E-state index contributed by atoms with van der Waals surface area (Å²) in [5, 5.41) is 8.35. The molecule has 7 nitrogen and oxygen atoms in total. The average molecular weight is 546 g/mol. The molecular weight excluding hydrogens is 523 g/mol. The van der Waals surface area contributed by atoms with E-state index >= 15 is 0 Å². The average Bonchev–Trinajstić information content (AvgIpc) is 3.25. The van der Waals surface area contributed by atoms with Gasteiger partial charge in [0.2, 0.25) is 10.0 Å². The van der Waals surface area contributed by atoms with E-state index in [0.29, 0.717) is 43.6 Å². The van der Waals surface area contributed by atoms with Gasteiger partial charge < -0.3 is 5.32 Å². The molecule has 0 spiro atoms. The molecule has 36 heavy (non-hydrogen) atoms. The lowest BCUT2D eigenvalue weighted by Gasteiger charge is -2.31. The Morgan fingerprint density at radius 3 is 2.69 bits per heavy atom. The van der Waals surface area contributed by atoms with Crippen LogP contribution in [-0.2, 0) is 10.0 Å². The molecular formula is C24H23BCl2FN5O2S. The predicted molar refractivity (Wildman–Crippen MR) is 141 cm³/mol. The summed E-state index contributed by atoms with van der Waals surface area (Å²) < 4.78 is 42.5. The zero-order valence-corrected chi connectivity index (χ0v) is 21.6. The van der Waals surface area contributed by atoms with Gasteiger partial charge >= 0.3 is 0 Å². The summed E-state index contributed by atoms with van der Waals surface area (Å²) in [4.78, 5) is 4.68. The third-order valence-corrected chi connectivity index (χ3v) is 9.13. The van der Waals surface area contributed by atoms with Crippen molar-refractivity contribution in [3.63, 3.8) is 0 Å². The Kier molecular flexibility index (Phi) is 7.13. The van der Waals surface area contributed by atoms with E-state index in [9.17, 15) is 12.8 Å². The lowest BCUT2D eigenvalue weighted by Crippen LogP contribution is -2.39. The molecule has 12 heteroatoms. The highest BCUT2D eigenvalue weighted by molar-refractivity contribution is 7.89. The molecule has 0 atom stereocenters. The van der Waals surface area contributed by atoms with Crippen LogP contribution in [0, 0.1) is 11.7 Å². The number of piperidine rings is 1. The number of benzene rings is 1. The van der Waals surface area contributed by atoms with E-state index in [1.165, 1.54) is 10.4 Å². The molecule has 1 saturated heterocycles. The van der Waals surface area contributed by atoms with E-state index in [0.717, 1.165) is 47.1 Å². The largest absolute Gasteiger partial charge is 0.370 e. The molecule has 5 rings (SSSR count). The van der Waals surface area contributed by atoms with Crippen LogP contribution >= 0.6 is 23.2 Å². The first kappa shape index (κ1) is 25.3. The van der Waals surface area contributed by atoms with Crippen molar-refractivity contribution < 1.29 is 12.8 Å². The van der Waals surface area contributed by atoms with Gasteiger partial charge in [0.25, 0.3) is 0 Å². The summed E-state index contributed by atoms with van der Waals surface area (Å²) in [7, 11) is 2.37. The number of anilines is 1. The summed E-state index contributed by atoms with van der Waals surface area (Å²) in [6, 6.07) is 5.38. The van der Waals surface area contributed by atoms with Crippen molar-refractivity contribution in [3.05, 3.63) is 64.2 Å². The van der Waals surface area contributed by atoms with Crippen molar-refractivity contribution in [3.8, 4) is 0 Å². The first-order valence-corrected chi connectivity index (χ1v) is 13.8. The minimum absolute atomic E-state index is 0.00168. The lowest BCUT2D eigenvalue weighted by molar-refractivity contribution is 0.282. The Morgan fingerprint density at radius 2 is 1.97 bits per heavy atom. The third-order valence-electron chi connectivity index (χ3n) is 6.56. The normalized spacial score (nSPS) is 17.8. The van der Waals surface area contributed by atoms with Gasteiger partial charge in [-0.15, -0.1) is 0 Å². The number of aromatic nitrogens is 3. The summed E-state index contributed by atoms with van der Waals surface area (Å²) in [5.74, 6) is 0.328. The van der Waals surface area contributed by atoms with Gasteiger partial charge in [-0.05, 0) is 55.3 Å². The van der Waals surface area contributed by atoms with E-state index in [1.807, 2.05) is 12.1 Å². The molecule has 0 unspecified atom stereocenters. The molecule has 2 aliphatic rings. The monoisotopic (exact) mass is 545 g/mol. The highest BCUT2D eigenvalue weighted by Crippen LogP contribution is 2.31. The number of fused-ring (bicyclic) bond motifs is 1. The van der Waals surface area contributed by atoms with Gasteiger partial charge in [0.05, 0.1) is 15.6 Å². The second kappa shape index (κ2) is 10.2. The van der Waals surface area contributed by atoms with Gasteiger partial charge in [0, 0.05) is 42.5 Å². The third kappa shape index (κ3) is 4.92. The van der Waals surface area contributed by atoms with Gasteiger partial charge in [0.15, 0.2) is 5.65 Å². The summed E-state index contributed by atoms with van der Waals surface area (Å²) >= 11 is 12.3. The van der Waals surface area contributed by atoms with Crippen LogP contribution in [-0.4, -0.2) is 54.8 Å². The molecule has 3 aromatic rings. The fourth-order valence-corrected chi connectivity index (χ4v) is 6.50. The van der Waals surface area contributed by atoms with Gasteiger partial charge in [0.1, 0.15) is 19.5 Å². The Balaban J connectivity index is 1.29. The SMILES string of the molecule is [B]c1cnn2c(NCC3CCN(S(=O)(=O)c4ccc(F)c(Cl)c4)CC3)cc(C3=C(Cl)CCC=C3)nc12. The van der Waals surface area contributed by atoms with Crippen LogP contribution in [0.5, 0.6) is 0 Å². The van der Waals surface area contributed by atoms with E-state index in [-0.39, 0.29) is 15.8 Å². The van der Waals surface area contributed by atoms with Crippen molar-refractivity contribution in [2.75, 3.05) is 25.0 Å². The summed E-state index contributed by atoms with van der Waals surface area (Å²) in [5.41, 5.74) is 2.60. The fourth-order valence-electron chi connectivity index (χ4n) is 4.49. The van der Waals surface area contributed by atoms with Crippen molar-refractivity contribution in [1.29, 1.82) is 0 Å². The Labute approximate surface area is 220 Å². The molecule has 1 aliphatic carbocycles. The van der Waals surface area contributed by atoms with Crippen LogP contribution in [0.3, 0.4) is 0 Å². The standard InChI is InChI=1S/C24H23BCl2FN5O2S/c25-18-14-30-33-23(12-22(31-24(18)33)17-3-1-2-4-19(17)26)29-13-15-7-9-32(10-8-15)36(34,35)16-5-6-21(28)20(27)11-16/h1,3,5-6,11-12,14-15,29H,2,4,7-10,13H2. The molecule has 2 aromatic heterocycles. The predicted octanol–water partition coefficient (Wildman–Crippen LogP) is 4.13. The van der Waals surface area contributed by atoms with E-state index < -0.39 is 15.8 Å². The number of nitrogens with zero attached hydrogens (tertiary/aromatic N) is 4. The van der Waals surface area contributed by atoms with Crippen molar-refractivity contribution >= 4 is 63.6 Å². The smallest absolute Gasteiger partial charge is 0.243 e. The van der Waals surface area contributed by atoms with Gasteiger partial charge in [-0.25, -0.2) is 17.8 Å². The van der Waals surface area contributed by atoms with E-state index in [2.05, 4.69) is 21.5 Å². The molecule has 0 bridgehead atoms. The topological polar surface area (TPSA) is 79.6 Å². The van der Waals surface area contributed by atoms with Crippen molar-refractivity contribution in [2.45, 2.75) is 30.6 Å². The molecule has 1 aliphatic heterocycles. The van der Waals surface area contributed by atoms with Crippen LogP contribution in [0.15, 0.2) is 52.5 Å². The maximum Gasteiger partial charge on any atom is 0.243 e. The zero-order valence-electron chi connectivity index (χ0n) is 19.3. The molecule has 3 heterocycles. The van der Waals surface area contributed by atoms with Gasteiger partial charge in [-0.1, -0.05) is 35.4 Å². The number of allylic oxidation sites excluding steroid dienone is 4. The number of sulfonamides is 1. The van der Waals surface area contributed by atoms with Crippen LogP contribution in [0.4, 0.5) is 10.2 Å². The molecule has 1 N–H and O–H groups in total. The quantitative estimate of drug-likeness (QED) is 0.471. The molecule has 186 valence electrons. The molecule has 1 aromatic carbocycles. The van der Waals surface area contributed by atoms with Crippen LogP contribution < -0.4 is 10.8 Å². The first-order valence-electron chi connectivity index (χ1n) is 11.6. The summed E-state index contributed by atoms with van der Waals surface area (Å²) in [6.07, 6.45) is 8.62. The molecule has 1 fully saturated rings. The number of halogens is 3. The number of hydrogen-bond acceptors (Lipinski definition) is 5. The highest BCUT2D eigenvalue weighted by Gasteiger charge is 2.30. The summed E-state index contributed by atoms with van der Waals surface area (Å²) in [6.45, 7) is 1.35. The first-order chi connectivity index (χ1) is 17.2. The van der Waals surface area contributed by atoms with Gasteiger partial charge in [-0.2, -0.15) is 13.9 Å². The molecule has 0 amide bonds. The number of rotatable bonds is 6. The molecule has 2 radical (unpaired) electrons. The minimum Gasteiger partial charge on any atom is -0.370 e. The maximum absolute atomic E-state index is 13.5. The highest BCUT2D eigenvalue weighted by atomic mass is 35.5. The molecule has 0 saturated carbocycles. The van der Waals surface area contributed by atoms with E-state index in [4.69, 9.17) is 31.0 Å². The second-order valence-corrected chi connectivity index (χ2v) is 11.7. The van der Waals surface area contributed by atoms with Crippen molar-refractivity contribution in [2.24, 2.45) is 5.92 Å². The number of hydrogen-bond donors (Lipinski definition) is 1. The zero-order chi connectivity index (χ0) is 25.4.